The molecule has 1 atom stereocenters. The van der Waals surface area contributed by atoms with E-state index in [0.717, 1.165) is 17.0 Å². The van der Waals surface area contributed by atoms with Crippen LogP contribution in [0.5, 0.6) is 0 Å². The number of hydrazine groups is 1. The van der Waals surface area contributed by atoms with Crippen LogP contribution in [-0.4, -0.2) is 29.7 Å². The Labute approximate surface area is 128 Å². The molecule has 0 spiro atoms. The van der Waals surface area contributed by atoms with E-state index in [0.29, 0.717) is 5.56 Å². The van der Waals surface area contributed by atoms with E-state index < -0.39 is 17.6 Å². The molecule has 1 fully saturated rings. The van der Waals surface area contributed by atoms with Crippen molar-refractivity contribution in [1.29, 1.82) is 0 Å². The monoisotopic (exact) mass is 314 g/mol. The predicted molar refractivity (Wildman–Crippen MR) is 78.0 cm³/mol. The Morgan fingerprint density at radius 2 is 1.95 bits per heavy atom. The number of aryl methyl sites for hydroxylation is 1. The molecule has 6 heteroatoms. The summed E-state index contributed by atoms with van der Waals surface area (Å²) in [6.45, 7) is 5.30. The first-order valence-corrected chi connectivity index (χ1v) is 7.36. The van der Waals surface area contributed by atoms with Crippen LogP contribution < -0.4 is 5.43 Å². The maximum absolute atomic E-state index is 13.4. The second kappa shape index (κ2) is 5.91. The number of halogens is 3. The molecule has 3 nitrogen and oxygen atoms in total. The lowest BCUT2D eigenvalue weighted by Gasteiger charge is -2.29. The summed E-state index contributed by atoms with van der Waals surface area (Å²) in [5.74, 6) is -0.371. The summed E-state index contributed by atoms with van der Waals surface area (Å²) >= 11 is 0. The zero-order valence-corrected chi connectivity index (χ0v) is 13.0. The fourth-order valence-corrected chi connectivity index (χ4v) is 2.61. The zero-order valence-electron chi connectivity index (χ0n) is 13.0. The lowest BCUT2D eigenvalue weighted by Crippen LogP contribution is -2.51. The van der Waals surface area contributed by atoms with Crippen LogP contribution in [0.3, 0.4) is 0 Å². The van der Waals surface area contributed by atoms with Gasteiger partial charge in [0.15, 0.2) is 0 Å². The van der Waals surface area contributed by atoms with Gasteiger partial charge in [-0.3, -0.25) is 10.2 Å². The highest BCUT2D eigenvalue weighted by atomic mass is 19.4. The van der Waals surface area contributed by atoms with Gasteiger partial charge in [0.05, 0.1) is 5.41 Å². The number of nitrogens with zero attached hydrogens (tertiary/aromatic N) is 1. The van der Waals surface area contributed by atoms with Crippen molar-refractivity contribution >= 4 is 5.91 Å². The smallest absolute Gasteiger partial charge is 0.288 e. The maximum Gasteiger partial charge on any atom is 0.406 e. The van der Waals surface area contributed by atoms with E-state index in [9.17, 15) is 18.0 Å². The number of nitrogens with one attached hydrogen (secondary N) is 1. The van der Waals surface area contributed by atoms with E-state index in [1.54, 1.807) is 32.0 Å². The molecule has 0 aliphatic carbocycles. The van der Waals surface area contributed by atoms with Gasteiger partial charge in [-0.25, -0.2) is 5.01 Å². The number of amides is 1. The van der Waals surface area contributed by atoms with Crippen LogP contribution in [-0.2, 0) is 17.6 Å². The average Bonchev–Trinajstić information content (AvgIpc) is 2.69. The predicted octanol–water partition coefficient (Wildman–Crippen LogP) is 3.10. The van der Waals surface area contributed by atoms with Gasteiger partial charge in [0.2, 0.25) is 5.91 Å². The molecule has 0 unspecified atom stereocenters. The molecule has 1 aromatic rings. The van der Waals surface area contributed by atoms with Crippen molar-refractivity contribution in [3.05, 3.63) is 35.4 Å². The molecule has 122 valence electrons. The largest absolute Gasteiger partial charge is 0.406 e. The molecule has 0 radical (unpaired) electrons. The number of carbonyl (C=O) groups excluding carboxylic acids is 1. The van der Waals surface area contributed by atoms with Crippen molar-refractivity contribution in [2.24, 2.45) is 5.41 Å². The molecule has 0 bridgehead atoms. The van der Waals surface area contributed by atoms with Crippen LogP contribution in [0.1, 0.15) is 31.9 Å². The normalized spacial score (nSPS) is 20.0. The molecule has 1 aromatic carbocycles. The van der Waals surface area contributed by atoms with Crippen LogP contribution in [0.2, 0.25) is 0 Å². The third-order valence-electron chi connectivity index (χ3n) is 4.01. The van der Waals surface area contributed by atoms with Crippen LogP contribution in [0.4, 0.5) is 13.2 Å². The number of carbonyl (C=O) groups is 1. The number of rotatable bonds is 4. The van der Waals surface area contributed by atoms with Crippen LogP contribution in [0.15, 0.2) is 24.3 Å². The number of hydrogen-bond acceptors (Lipinski definition) is 2. The van der Waals surface area contributed by atoms with Gasteiger partial charge in [-0.2, -0.15) is 13.2 Å². The summed E-state index contributed by atoms with van der Waals surface area (Å²) in [5, 5.41) is 1.03. The second-order valence-corrected chi connectivity index (χ2v) is 6.39. The Hall–Kier alpha value is -1.56. The fraction of sp³-hybridized carbons (Fsp3) is 0.562. The van der Waals surface area contributed by atoms with E-state index >= 15 is 0 Å². The lowest BCUT2D eigenvalue weighted by molar-refractivity contribution is -0.188. The van der Waals surface area contributed by atoms with Crippen LogP contribution in [0, 0.1) is 5.41 Å². The van der Waals surface area contributed by atoms with Gasteiger partial charge in [-0.05, 0) is 37.8 Å². The molecule has 0 saturated carbocycles. The first-order valence-electron chi connectivity index (χ1n) is 7.36. The Morgan fingerprint density at radius 3 is 2.45 bits per heavy atom. The van der Waals surface area contributed by atoms with Crippen molar-refractivity contribution in [2.75, 3.05) is 6.54 Å². The Morgan fingerprint density at radius 1 is 1.32 bits per heavy atom. The molecule has 0 aromatic heterocycles. The zero-order chi connectivity index (χ0) is 16.5. The van der Waals surface area contributed by atoms with E-state index in [4.69, 9.17) is 0 Å². The molecular formula is C16H21F3N2O. The summed E-state index contributed by atoms with van der Waals surface area (Å²) in [4.78, 5) is 11.8. The molecule has 1 aliphatic rings. The third kappa shape index (κ3) is 3.61. The molecular weight excluding hydrogens is 293 g/mol. The maximum atomic E-state index is 13.4. The Bertz CT molecular complexity index is 555. The molecule has 22 heavy (non-hydrogen) atoms. The summed E-state index contributed by atoms with van der Waals surface area (Å²) < 4.78 is 40.3. The third-order valence-corrected chi connectivity index (χ3v) is 4.01. The van der Waals surface area contributed by atoms with Crippen molar-refractivity contribution in [2.45, 2.75) is 45.8 Å². The fourth-order valence-electron chi connectivity index (χ4n) is 2.61. The molecule has 1 aliphatic heterocycles. The SMILES string of the molecule is CCc1cccc(C[C@H](N2CC(C)(C)C(=O)N2)C(F)(F)F)c1. The topological polar surface area (TPSA) is 32.3 Å². The van der Waals surface area contributed by atoms with Gasteiger partial charge in [0, 0.05) is 6.54 Å². The van der Waals surface area contributed by atoms with Gasteiger partial charge >= 0.3 is 6.18 Å². The van der Waals surface area contributed by atoms with Crippen molar-refractivity contribution in [3.8, 4) is 0 Å². The van der Waals surface area contributed by atoms with Crippen molar-refractivity contribution in [1.82, 2.24) is 10.4 Å². The van der Waals surface area contributed by atoms with Crippen LogP contribution in [0.25, 0.3) is 0 Å². The quantitative estimate of drug-likeness (QED) is 0.926. The van der Waals surface area contributed by atoms with Gasteiger partial charge < -0.3 is 0 Å². The summed E-state index contributed by atoms with van der Waals surface area (Å²) in [6, 6.07) is 5.44. The number of benzene rings is 1. The molecule has 1 heterocycles. The van der Waals surface area contributed by atoms with E-state index in [1.165, 1.54) is 0 Å². The van der Waals surface area contributed by atoms with Crippen LogP contribution >= 0.6 is 0 Å². The first kappa shape index (κ1) is 16.8. The molecule has 1 N–H and O–H groups in total. The number of alkyl halides is 3. The summed E-state index contributed by atoms with van der Waals surface area (Å²) in [6.07, 6.45) is -3.80. The van der Waals surface area contributed by atoms with Gasteiger partial charge in [-0.1, -0.05) is 31.2 Å². The van der Waals surface area contributed by atoms with E-state index in [2.05, 4.69) is 5.43 Å². The number of hydrogen-bond donors (Lipinski definition) is 1. The minimum Gasteiger partial charge on any atom is -0.288 e. The van der Waals surface area contributed by atoms with Crippen molar-refractivity contribution < 1.29 is 18.0 Å². The minimum absolute atomic E-state index is 0.0451. The van der Waals surface area contributed by atoms with Gasteiger partial charge in [0.25, 0.3) is 0 Å². The van der Waals surface area contributed by atoms with Gasteiger partial charge in [0.1, 0.15) is 6.04 Å². The average molecular weight is 314 g/mol. The summed E-state index contributed by atoms with van der Waals surface area (Å²) in [5.41, 5.74) is 3.19. The molecule has 1 saturated heterocycles. The highest BCUT2D eigenvalue weighted by Gasteiger charge is 2.50. The highest BCUT2D eigenvalue weighted by molar-refractivity contribution is 5.83. The standard InChI is InChI=1S/C16H21F3N2O/c1-4-11-6-5-7-12(8-11)9-13(16(17,18)19)21-10-15(2,3)14(22)20-21/h5-8,13H,4,9-10H2,1-3H3,(H,20,22)/t13-/m0/s1. The van der Waals surface area contributed by atoms with E-state index in [-0.39, 0.29) is 18.9 Å². The molecule has 2 rings (SSSR count). The Kier molecular flexibility index (Phi) is 4.52. The Balaban J connectivity index is 2.23. The van der Waals surface area contributed by atoms with Gasteiger partial charge in [-0.15, -0.1) is 0 Å². The summed E-state index contributed by atoms with van der Waals surface area (Å²) in [7, 11) is 0. The minimum atomic E-state index is -4.41. The lowest BCUT2D eigenvalue weighted by atomic mass is 9.93. The molecule has 1 amide bonds. The second-order valence-electron chi connectivity index (χ2n) is 6.39. The first-order chi connectivity index (χ1) is 10.1. The highest BCUT2D eigenvalue weighted by Crippen LogP contribution is 2.32. The van der Waals surface area contributed by atoms with E-state index in [1.807, 2.05) is 13.0 Å². The van der Waals surface area contributed by atoms with Crippen molar-refractivity contribution in [3.63, 3.8) is 0 Å².